The van der Waals surface area contributed by atoms with Crippen molar-refractivity contribution < 1.29 is 18.7 Å². The number of nitrogens with one attached hydrogen (secondary N) is 1. The van der Waals surface area contributed by atoms with E-state index in [9.17, 15) is 9.18 Å². The van der Waals surface area contributed by atoms with Gasteiger partial charge in [0.25, 0.3) is 5.91 Å². The van der Waals surface area contributed by atoms with E-state index in [4.69, 9.17) is 9.47 Å². The summed E-state index contributed by atoms with van der Waals surface area (Å²) in [5, 5.41) is 4.26. The number of anilines is 1. The Kier molecular flexibility index (Phi) is 7.73. The van der Waals surface area contributed by atoms with Crippen LogP contribution in [0.15, 0.2) is 60.7 Å². The highest BCUT2D eigenvalue weighted by Crippen LogP contribution is 2.39. The van der Waals surface area contributed by atoms with Crippen molar-refractivity contribution in [1.82, 2.24) is 10.2 Å². The lowest BCUT2D eigenvalue weighted by atomic mass is 10.0. The fraction of sp³-hybridized carbons (Fsp3) is 0.370. The minimum atomic E-state index is -0.263. The quantitative estimate of drug-likeness (QED) is 0.533. The maximum absolute atomic E-state index is 13.5. The Bertz CT molecular complexity index is 1110. The number of carbonyl (C=O) groups is 1. The van der Waals surface area contributed by atoms with Gasteiger partial charge in [-0.05, 0) is 29.3 Å². The number of rotatable bonds is 7. The van der Waals surface area contributed by atoms with Crippen LogP contribution in [0.5, 0.6) is 0 Å². The summed E-state index contributed by atoms with van der Waals surface area (Å²) in [7, 11) is 0. The molecule has 1 atom stereocenters. The van der Waals surface area contributed by atoms with E-state index in [-0.39, 0.29) is 17.8 Å². The molecule has 0 radical (unpaired) electrons. The average molecular weight is 496 g/mol. The van der Waals surface area contributed by atoms with E-state index in [1.165, 1.54) is 23.5 Å². The Hall–Kier alpha value is -2.78. The molecule has 0 saturated carbocycles. The van der Waals surface area contributed by atoms with Crippen LogP contribution < -0.4 is 10.2 Å². The molecule has 5 rings (SSSR count). The molecule has 2 aliphatic heterocycles. The SMILES string of the molecule is O=C(NCC(c1ccc(F)cc1)N1CCOCC1)c1cc(-c2ccccc2)c(N2CCOCC2)s1. The van der Waals surface area contributed by atoms with E-state index in [1.54, 1.807) is 12.1 Å². The number of morpholine rings is 2. The third kappa shape index (κ3) is 5.73. The molecule has 1 amide bonds. The van der Waals surface area contributed by atoms with Crippen LogP contribution in [-0.2, 0) is 9.47 Å². The van der Waals surface area contributed by atoms with Crippen LogP contribution in [0.3, 0.4) is 0 Å². The van der Waals surface area contributed by atoms with E-state index in [1.807, 2.05) is 24.3 Å². The topological polar surface area (TPSA) is 54.0 Å². The Labute approximate surface area is 209 Å². The molecule has 0 spiro atoms. The van der Waals surface area contributed by atoms with Gasteiger partial charge in [0, 0.05) is 38.3 Å². The third-order valence-electron chi connectivity index (χ3n) is 6.52. The smallest absolute Gasteiger partial charge is 0.261 e. The van der Waals surface area contributed by atoms with E-state index < -0.39 is 0 Å². The second-order valence-corrected chi connectivity index (χ2v) is 9.75. The predicted molar refractivity (Wildman–Crippen MR) is 137 cm³/mol. The molecule has 2 saturated heterocycles. The summed E-state index contributed by atoms with van der Waals surface area (Å²) in [6.45, 7) is 6.29. The summed E-state index contributed by atoms with van der Waals surface area (Å²) >= 11 is 1.53. The molecule has 3 heterocycles. The van der Waals surface area contributed by atoms with Crippen molar-refractivity contribution in [2.75, 3.05) is 64.1 Å². The molecule has 0 bridgehead atoms. The zero-order valence-corrected chi connectivity index (χ0v) is 20.4. The highest BCUT2D eigenvalue weighted by Gasteiger charge is 2.25. The number of amides is 1. The average Bonchev–Trinajstić information content (AvgIpc) is 3.37. The van der Waals surface area contributed by atoms with Crippen molar-refractivity contribution in [3.63, 3.8) is 0 Å². The number of benzene rings is 2. The van der Waals surface area contributed by atoms with E-state index in [2.05, 4.69) is 27.2 Å². The summed E-state index contributed by atoms with van der Waals surface area (Å²) in [5.41, 5.74) is 3.16. The molecule has 8 heteroatoms. The highest BCUT2D eigenvalue weighted by atomic mass is 32.1. The van der Waals surface area contributed by atoms with Gasteiger partial charge in [-0.3, -0.25) is 9.69 Å². The Morgan fingerprint density at radius 3 is 2.29 bits per heavy atom. The van der Waals surface area contributed by atoms with Gasteiger partial charge >= 0.3 is 0 Å². The lowest BCUT2D eigenvalue weighted by molar-refractivity contribution is 0.0162. The first-order valence-corrected chi connectivity index (χ1v) is 12.9. The summed E-state index contributed by atoms with van der Waals surface area (Å²) < 4.78 is 24.6. The molecular weight excluding hydrogens is 465 g/mol. The number of thiophene rings is 1. The van der Waals surface area contributed by atoms with Crippen molar-refractivity contribution in [3.8, 4) is 11.1 Å². The van der Waals surface area contributed by atoms with Gasteiger partial charge in [0.15, 0.2) is 0 Å². The summed E-state index contributed by atoms with van der Waals surface area (Å²) in [6.07, 6.45) is 0. The molecule has 1 N–H and O–H groups in total. The third-order valence-corrected chi connectivity index (χ3v) is 7.71. The van der Waals surface area contributed by atoms with Crippen LogP contribution in [0, 0.1) is 5.82 Å². The van der Waals surface area contributed by atoms with Crippen molar-refractivity contribution >= 4 is 22.2 Å². The fourth-order valence-electron chi connectivity index (χ4n) is 4.63. The maximum Gasteiger partial charge on any atom is 0.261 e. The molecular formula is C27H30FN3O3S. The lowest BCUT2D eigenvalue weighted by Crippen LogP contribution is -2.43. The molecule has 2 fully saturated rings. The lowest BCUT2D eigenvalue weighted by Gasteiger charge is -2.34. The molecule has 1 aromatic heterocycles. The van der Waals surface area contributed by atoms with E-state index in [0.29, 0.717) is 37.8 Å². The van der Waals surface area contributed by atoms with Gasteiger partial charge in [-0.25, -0.2) is 4.39 Å². The van der Waals surface area contributed by atoms with Crippen LogP contribution in [0.25, 0.3) is 11.1 Å². The fourth-order valence-corrected chi connectivity index (χ4v) is 5.78. The maximum atomic E-state index is 13.5. The number of nitrogens with zero attached hydrogens (tertiary/aromatic N) is 2. The number of hydrogen-bond donors (Lipinski definition) is 1. The van der Waals surface area contributed by atoms with Crippen LogP contribution in [0.1, 0.15) is 21.3 Å². The van der Waals surface area contributed by atoms with E-state index >= 15 is 0 Å². The van der Waals surface area contributed by atoms with Crippen LogP contribution in [-0.4, -0.2) is 70.0 Å². The summed E-state index contributed by atoms with van der Waals surface area (Å²) in [5.74, 6) is -0.353. The second-order valence-electron chi connectivity index (χ2n) is 8.72. The van der Waals surface area contributed by atoms with E-state index in [0.717, 1.165) is 47.9 Å². The van der Waals surface area contributed by atoms with Crippen molar-refractivity contribution in [2.45, 2.75) is 6.04 Å². The van der Waals surface area contributed by atoms with Gasteiger partial charge in [0.1, 0.15) is 5.82 Å². The number of halogens is 1. The predicted octanol–water partition coefficient (Wildman–Crippen LogP) is 4.19. The van der Waals surface area contributed by atoms with Gasteiger partial charge in [0.2, 0.25) is 0 Å². The molecule has 1 unspecified atom stereocenters. The first kappa shape index (κ1) is 23.9. The largest absolute Gasteiger partial charge is 0.379 e. The minimum Gasteiger partial charge on any atom is -0.379 e. The standard InChI is InChI=1S/C27H30FN3O3S/c28-22-8-6-21(7-9-22)24(30-10-14-33-15-11-30)19-29-26(32)25-18-23(20-4-2-1-3-5-20)27(35-25)31-12-16-34-17-13-31/h1-9,18,24H,10-17,19H2,(H,29,32). The number of ether oxygens (including phenoxy) is 2. The minimum absolute atomic E-state index is 0.0456. The summed E-state index contributed by atoms with van der Waals surface area (Å²) in [6, 6.07) is 18.7. The van der Waals surface area contributed by atoms with Gasteiger partial charge in [-0.2, -0.15) is 0 Å². The van der Waals surface area contributed by atoms with Gasteiger partial charge in [-0.15, -0.1) is 11.3 Å². The Morgan fingerprint density at radius 1 is 0.943 bits per heavy atom. The first-order valence-electron chi connectivity index (χ1n) is 12.1. The molecule has 35 heavy (non-hydrogen) atoms. The molecule has 2 aliphatic rings. The van der Waals surface area contributed by atoms with Crippen molar-refractivity contribution in [1.29, 1.82) is 0 Å². The van der Waals surface area contributed by atoms with Crippen LogP contribution in [0.4, 0.5) is 9.39 Å². The Morgan fingerprint density at radius 2 is 1.60 bits per heavy atom. The molecule has 2 aromatic carbocycles. The zero-order chi connectivity index (χ0) is 24.0. The molecule has 3 aromatic rings. The monoisotopic (exact) mass is 495 g/mol. The van der Waals surface area contributed by atoms with Gasteiger partial charge in [-0.1, -0.05) is 42.5 Å². The first-order chi connectivity index (χ1) is 17.2. The van der Waals surface area contributed by atoms with Crippen LogP contribution in [0.2, 0.25) is 0 Å². The number of hydrogen-bond acceptors (Lipinski definition) is 6. The zero-order valence-electron chi connectivity index (χ0n) is 19.6. The van der Waals surface area contributed by atoms with Gasteiger partial charge < -0.3 is 19.7 Å². The summed E-state index contributed by atoms with van der Waals surface area (Å²) in [4.78, 5) is 18.6. The van der Waals surface area contributed by atoms with Crippen LogP contribution >= 0.6 is 11.3 Å². The van der Waals surface area contributed by atoms with Crippen molar-refractivity contribution in [3.05, 3.63) is 76.9 Å². The molecule has 6 nitrogen and oxygen atoms in total. The van der Waals surface area contributed by atoms with Crippen molar-refractivity contribution in [2.24, 2.45) is 0 Å². The second kappa shape index (κ2) is 11.3. The van der Waals surface area contributed by atoms with Gasteiger partial charge in [0.05, 0.1) is 42.3 Å². The molecule has 184 valence electrons. The number of carbonyl (C=O) groups excluding carboxylic acids is 1. The molecule has 0 aliphatic carbocycles. The highest BCUT2D eigenvalue weighted by molar-refractivity contribution is 7.18. The Balaban J connectivity index is 1.37. The normalized spacial score (nSPS) is 17.8.